The second-order valence-corrected chi connectivity index (χ2v) is 8.42. The minimum absolute atomic E-state index is 0.187. The van der Waals surface area contributed by atoms with Crippen molar-refractivity contribution < 1.29 is 23.7 Å². The molecule has 1 atom stereocenters. The fourth-order valence-corrected chi connectivity index (χ4v) is 4.18. The van der Waals surface area contributed by atoms with Crippen LogP contribution in [0.1, 0.15) is 10.4 Å². The van der Waals surface area contributed by atoms with Gasteiger partial charge in [0, 0.05) is 24.9 Å². The number of methoxy groups -OCH3 is 2. The lowest BCUT2D eigenvalue weighted by molar-refractivity contribution is 0.0521. The molecule has 1 aliphatic rings. The molecule has 0 fully saturated rings. The van der Waals surface area contributed by atoms with Crippen molar-refractivity contribution in [3.63, 3.8) is 0 Å². The van der Waals surface area contributed by atoms with Crippen LogP contribution in [0.25, 0.3) is 16.9 Å². The quantitative estimate of drug-likeness (QED) is 0.385. The molecule has 0 saturated carbocycles. The number of aromatic nitrogens is 2. The van der Waals surface area contributed by atoms with E-state index in [1.807, 2.05) is 66.7 Å². The number of carbonyl (C=O) groups is 1. The van der Waals surface area contributed by atoms with Crippen LogP contribution in [-0.2, 0) is 0 Å². The fraction of sp³-hybridized carbons (Fsp3) is 0.214. The highest BCUT2D eigenvalue weighted by atomic mass is 16.6. The Kier molecular flexibility index (Phi) is 6.49. The van der Waals surface area contributed by atoms with Crippen LogP contribution in [0.2, 0.25) is 0 Å². The van der Waals surface area contributed by atoms with Crippen molar-refractivity contribution in [3.8, 4) is 39.9 Å². The van der Waals surface area contributed by atoms with E-state index in [9.17, 15) is 4.79 Å². The molecule has 0 spiro atoms. The molecule has 36 heavy (non-hydrogen) atoms. The lowest BCUT2D eigenvalue weighted by Crippen LogP contribution is -2.41. The summed E-state index contributed by atoms with van der Waals surface area (Å²) in [6, 6.07) is 22.6. The zero-order chi connectivity index (χ0) is 25.1. The Hall–Kier alpha value is -4.46. The van der Waals surface area contributed by atoms with Crippen molar-refractivity contribution in [2.75, 3.05) is 34.4 Å². The Morgan fingerprint density at radius 2 is 1.78 bits per heavy atom. The van der Waals surface area contributed by atoms with E-state index in [0.717, 1.165) is 5.69 Å². The molecule has 3 aromatic carbocycles. The van der Waals surface area contributed by atoms with Gasteiger partial charge in [0.25, 0.3) is 5.91 Å². The normalized spacial score (nSPS) is 14.2. The van der Waals surface area contributed by atoms with Crippen LogP contribution in [0.5, 0.6) is 23.0 Å². The third-order valence-corrected chi connectivity index (χ3v) is 6.02. The van der Waals surface area contributed by atoms with Crippen LogP contribution in [0, 0.1) is 0 Å². The Morgan fingerprint density at radius 3 is 2.53 bits per heavy atom. The maximum Gasteiger partial charge on any atom is 0.257 e. The summed E-state index contributed by atoms with van der Waals surface area (Å²) < 4.78 is 24.6. The third kappa shape index (κ3) is 4.57. The fourth-order valence-electron chi connectivity index (χ4n) is 4.18. The van der Waals surface area contributed by atoms with Crippen LogP contribution >= 0.6 is 0 Å². The summed E-state index contributed by atoms with van der Waals surface area (Å²) in [7, 11) is 4.93. The van der Waals surface area contributed by atoms with Crippen molar-refractivity contribution >= 4 is 5.91 Å². The number of carbonyl (C=O) groups excluding carboxylic acids is 1. The van der Waals surface area contributed by atoms with Gasteiger partial charge in [-0.05, 0) is 36.4 Å². The maximum absolute atomic E-state index is 13.7. The lowest BCUT2D eigenvalue weighted by Gasteiger charge is -2.29. The minimum atomic E-state index is -0.294. The van der Waals surface area contributed by atoms with Crippen molar-refractivity contribution in [3.05, 3.63) is 84.6 Å². The molecule has 0 radical (unpaired) electrons. The second-order valence-electron chi connectivity index (χ2n) is 8.42. The van der Waals surface area contributed by atoms with Crippen LogP contribution in [0.15, 0.2) is 79.0 Å². The van der Waals surface area contributed by atoms with Crippen molar-refractivity contribution in [1.82, 2.24) is 14.7 Å². The first-order valence-corrected chi connectivity index (χ1v) is 11.6. The molecule has 0 bridgehead atoms. The van der Waals surface area contributed by atoms with Crippen LogP contribution < -0.4 is 18.9 Å². The van der Waals surface area contributed by atoms with E-state index in [1.54, 1.807) is 43.1 Å². The van der Waals surface area contributed by atoms with Crippen LogP contribution in [-0.4, -0.2) is 61.1 Å². The van der Waals surface area contributed by atoms with Gasteiger partial charge in [0.15, 0.2) is 17.6 Å². The summed E-state index contributed by atoms with van der Waals surface area (Å²) in [5.41, 5.74) is 2.49. The van der Waals surface area contributed by atoms with Gasteiger partial charge in [-0.3, -0.25) is 4.79 Å². The Balaban J connectivity index is 1.47. The average Bonchev–Trinajstić information content (AvgIpc) is 3.38. The van der Waals surface area contributed by atoms with E-state index in [2.05, 4.69) is 0 Å². The Bertz CT molecular complexity index is 1370. The molecule has 1 aromatic heterocycles. The number of nitrogens with zero attached hydrogens (tertiary/aromatic N) is 3. The number of amides is 1. The van der Waals surface area contributed by atoms with Gasteiger partial charge in [0.05, 0.1) is 32.0 Å². The molecule has 1 aliphatic heterocycles. The molecule has 5 rings (SSSR count). The molecule has 8 nitrogen and oxygen atoms in total. The molecular weight excluding hydrogens is 458 g/mol. The average molecular weight is 486 g/mol. The number of hydrogen-bond donors (Lipinski definition) is 0. The second kappa shape index (κ2) is 10.0. The van der Waals surface area contributed by atoms with Gasteiger partial charge >= 0.3 is 0 Å². The summed E-state index contributed by atoms with van der Waals surface area (Å²) in [5, 5.41) is 4.79. The predicted octanol–water partition coefficient (Wildman–Crippen LogP) is 4.47. The number of fused-ring (bicyclic) bond motifs is 1. The van der Waals surface area contributed by atoms with Gasteiger partial charge in [-0.25, -0.2) is 4.68 Å². The molecule has 1 amide bonds. The number of para-hydroxylation sites is 3. The van der Waals surface area contributed by atoms with Gasteiger partial charge in [0.1, 0.15) is 23.8 Å². The molecule has 2 heterocycles. The molecule has 8 heteroatoms. The number of likely N-dealkylation sites (N-methyl/N-ethyl adjacent to an activating group) is 1. The first kappa shape index (κ1) is 23.3. The highest BCUT2D eigenvalue weighted by Crippen LogP contribution is 2.35. The Labute approximate surface area is 209 Å². The number of ether oxygens (including phenoxy) is 4. The standard InChI is InChI=1S/C28H27N3O5/c1-30(16-21-18-35-24-11-7-8-12-25(24)36-21)28(32)23-17-31(19-9-5-4-6-10-19)29-27(23)22-14-13-20(33-2)15-26(22)34-3/h4-15,17,21H,16,18H2,1-3H3/t21-/m1/s1. The third-order valence-electron chi connectivity index (χ3n) is 6.02. The first-order chi connectivity index (χ1) is 17.6. The van der Waals surface area contributed by atoms with E-state index in [1.165, 1.54) is 0 Å². The van der Waals surface area contributed by atoms with E-state index in [4.69, 9.17) is 24.0 Å². The van der Waals surface area contributed by atoms with Crippen LogP contribution in [0.4, 0.5) is 0 Å². The molecule has 0 aliphatic carbocycles. The molecule has 0 N–H and O–H groups in total. The van der Waals surface area contributed by atoms with Crippen molar-refractivity contribution in [1.29, 1.82) is 0 Å². The van der Waals surface area contributed by atoms with Crippen LogP contribution in [0.3, 0.4) is 0 Å². The van der Waals surface area contributed by atoms with E-state index in [0.29, 0.717) is 53.0 Å². The summed E-state index contributed by atoms with van der Waals surface area (Å²) in [4.78, 5) is 15.4. The lowest BCUT2D eigenvalue weighted by atomic mass is 10.1. The SMILES string of the molecule is COc1ccc(-c2nn(-c3ccccc3)cc2C(=O)N(C)C[C@@H]2COc3ccccc3O2)c(OC)c1. The summed E-state index contributed by atoms with van der Waals surface area (Å²) in [6.07, 6.45) is 1.46. The smallest absolute Gasteiger partial charge is 0.257 e. The summed E-state index contributed by atoms with van der Waals surface area (Å²) in [6.45, 7) is 0.708. The molecule has 0 saturated heterocycles. The summed E-state index contributed by atoms with van der Waals surface area (Å²) in [5.74, 6) is 2.41. The maximum atomic E-state index is 13.7. The van der Waals surface area contributed by atoms with Crippen molar-refractivity contribution in [2.45, 2.75) is 6.10 Å². The first-order valence-electron chi connectivity index (χ1n) is 11.6. The highest BCUT2D eigenvalue weighted by molar-refractivity contribution is 6.00. The molecule has 0 unspecified atom stereocenters. The molecular formula is C28H27N3O5. The monoisotopic (exact) mass is 485 g/mol. The van der Waals surface area contributed by atoms with Crippen molar-refractivity contribution in [2.24, 2.45) is 0 Å². The van der Waals surface area contributed by atoms with E-state index < -0.39 is 0 Å². The zero-order valence-electron chi connectivity index (χ0n) is 20.4. The largest absolute Gasteiger partial charge is 0.497 e. The van der Waals surface area contributed by atoms with Gasteiger partial charge in [-0.15, -0.1) is 0 Å². The molecule has 184 valence electrons. The zero-order valence-corrected chi connectivity index (χ0v) is 20.4. The topological polar surface area (TPSA) is 75.1 Å². The van der Waals surface area contributed by atoms with E-state index in [-0.39, 0.29) is 12.0 Å². The van der Waals surface area contributed by atoms with Gasteiger partial charge in [-0.2, -0.15) is 5.10 Å². The van der Waals surface area contributed by atoms with Gasteiger partial charge in [0.2, 0.25) is 0 Å². The van der Waals surface area contributed by atoms with E-state index >= 15 is 0 Å². The minimum Gasteiger partial charge on any atom is -0.497 e. The predicted molar refractivity (Wildman–Crippen MR) is 135 cm³/mol. The van der Waals surface area contributed by atoms with Gasteiger partial charge < -0.3 is 23.8 Å². The highest BCUT2D eigenvalue weighted by Gasteiger charge is 2.28. The van der Waals surface area contributed by atoms with Gasteiger partial charge in [-0.1, -0.05) is 30.3 Å². The Morgan fingerprint density at radius 1 is 1.03 bits per heavy atom. The number of rotatable bonds is 7. The number of benzene rings is 3. The molecule has 4 aromatic rings. The number of hydrogen-bond acceptors (Lipinski definition) is 6. The summed E-state index contributed by atoms with van der Waals surface area (Å²) >= 11 is 0.